The van der Waals surface area contributed by atoms with Gasteiger partial charge in [-0.1, -0.05) is 12.1 Å². The zero-order chi connectivity index (χ0) is 23.2. The summed E-state index contributed by atoms with van der Waals surface area (Å²) in [5, 5.41) is 7.18. The molecule has 0 saturated carbocycles. The number of aromatic nitrogens is 2. The summed E-state index contributed by atoms with van der Waals surface area (Å²) in [5.74, 6) is 0.693. The molecule has 4 rings (SSSR count). The van der Waals surface area contributed by atoms with Gasteiger partial charge in [0.15, 0.2) is 0 Å². The van der Waals surface area contributed by atoms with E-state index < -0.39 is 0 Å². The van der Waals surface area contributed by atoms with Gasteiger partial charge in [-0.3, -0.25) is 9.59 Å². The largest absolute Gasteiger partial charge is 0.497 e. The molecule has 1 amide bonds. The molecule has 2 heterocycles. The van der Waals surface area contributed by atoms with Crippen LogP contribution < -0.4 is 25.2 Å². The van der Waals surface area contributed by atoms with Gasteiger partial charge < -0.3 is 19.7 Å². The summed E-state index contributed by atoms with van der Waals surface area (Å²) in [6.07, 6.45) is 3.73. The second kappa shape index (κ2) is 10.2. The first kappa shape index (κ1) is 22.4. The average Bonchev–Trinajstić information content (AvgIpc) is 2.86. The van der Waals surface area contributed by atoms with Gasteiger partial charge in [0.25, 0.3) is 5.56 Å². The fourth-order valence-corrected chi connectivity index (χ4v) is 3.94. The number of ether oxygens (including phenoxy) is 2. The number of rotatable bonds is 7. The molecule has 0 bridgehead atoms. The van der Waals surface area contributed by atoms with E-state index in [4.69, 9.17) is 9.47 Å². The Labute approximate surface area is 192 Å². The van der Waals surface area contributed by atoms with Crippen LogP contribution in [-0.4, -0.2) is 43.0 Å². The summed E-state index contributed by atoms with van der Waals surface area (Å²) < 4.78 is 11.7. The fraction of sp³-hybridized carbons (Fsp3) is 0.320. The number of hydrogen-bond donors (Lipinski definition) is 1. The molecule has 0 atom stereocenters. The fourth-order valence-electron chi connectivity index (χ4n) is 3.94. The third-order valence-electron chi connectivity index (χ3n) is 5.73. The Balaban J connectivity index is 1.48. The Morgan fingerprint density at radius 3 is 2.42 bits per heavy atom. The van der Waals surface area contributed by atoms with Crippen molar-refractivity contribution in [1.29, 1.82) is 0 Å². The van der Waals surface area contributed by atoms with Crippen LogP contribution in [0, 0.1) is 0 Å². The first-order chi connectivity index (χ1) is 16.1. The van der Waals surface area contributed by atoms with Crippen molar-refractivity contribution in [2.45, 2.75) is 25.8 Å². The Morgan fingerprint density at radius 2 is 1.73 bits per heavy atom. The molecular formula is C25H28N4O4. The highest BCUT2D eigenvalue weighted by atomic mass is 16.5. The smallest absolute Gasteiger partial charge is 0.267 e. The van der Waals surface area contributed by atoms with Crippen LogP contribution in [0.1, 0.15) is 19.3 Å². The van der Waals surface area contributed by atoms with Crippen molar-refractivity contribution in [1.82, 2.24) is 9.78 Å². The van der Waals surface area contributed by atoms with Gasteiger partial charge >= 0.3 is 0 Å². The normalized spacial score (nSPS) is 13.5. The van der Waals surface area contributed by atoms with Crippen molar-refractivity contribution in [2.24, 2.45) is 0 Å². The molecule has 8 nitrogen and oxygen atoms in total. The van der Waals surface area contributed by atoms with Gasteiger partial charge in [-0.25, -0.2) is 4.68 Å². The van der Waals surface area contributed by atoms with Gasteiger partial charge in [0.2, 0.25) is 5.91 Å². The highest BCUT2D eigenvalue weighted by molar-refractivity contribution is 5.92. The minimum atomic E-state index is -0.384. The highest BCUT2D eigenvalue weighted by Gasteiger charge is 2.13. The van der Waals surface area contributed by atoms with Gasteiger partial charge in [-0.05, 0) is 49.6 Å². The number of methoxy groups -OCH3 is 2. The van der Waals surface area contributed by atoms with E-state index >= 15 is 0 Å². The van der Waals surface area contributed by atoms with Crippen LogP contribution in [0.4, 0.5) is 11.4 Å². The van der Waals surface area contributed by atoms with Crippen molar-refractivity contribution in [3.8, 4) is 22.8 Å². The van der Waals surface area contributed by atoms with E-state index in [9.17, 15) is 9.59 Å². The highest BCUT2D eigenvalue weighted by Crippen LogP contribution is 2.29. The van der Waals surface area contributed by atoms with Crippen molar-refractivity contribution < 1.29 is 14.3 Å². The summed E-state index contributed by atoms with van der Waals surface area (Å²) in [4.78, 5) is 27.3. The molecule has 33 heavy (non-hydrogen) atoms. The Bertz CT molecular complexity index is 1170. The lowest BCUT2D eigenvalue weighted by Crippen LogP contribution is -2.29. The molecule has 1 saturated heterocycles. The molecule has 1 aromatic heterocycles. The van der Waals surface area contributed by atoms with E-state index in [-0.39, 0.29) is 18.0 Å². The van der Waals surface area contributed by atoms with E-state index in [2.05, 4.69) is 27.4 Å². The van der Waals surface area contributed by atoms with Crippen LogP contribution in [0.15, 0.2) is 59.4 Å². The Hall–Kier alpha value is -3.81. The number of carbonyl (C=O) groups excluding carboxylic acids is 1. The van der Waals surface area contributed by atoms with E-state index in [1.54, 1.807) is 31.4 Å². The topological polar surface area (TPSA) is 85.7 Å². The van der Waals surface area contributed by atoms with Crippen LogP contribution in [0.25, 0.3) is 11.3 Å². The van der Waals surface area contributed by atoms with Crippen LogP contribution >= 0.6 is 0 Å². The summed E-state index contributed by atoms with van der Waals surface area (Å²) in [6, 6.07) is 16.4. The number of benzene rings is 2. The average molecular weight is 449 g/mol. The van der Waals surface area contributed by atoms with E-state index in [1.165, 1.54) is 42.8 Å². The SMILES string of the molecule is COc1ccc(NC(=O)Cn2nc(-c3ccc(N4CCCCC4)cc3)ccc2=O)c(OC)c1. The van der Waals surface area contributed by atoms with Gasteiger partial charge in [0, 0.05) is 36.5 Å². The predicted molar refractivity (Wildman–Crippen MR) is 128 cm³/mol. The van der Waals surface area contributed by atoms with Gasteiger partial charge in [0.05, 0.1) is 25.6 Å². The summed E-state index contributed by atoms with van der Waals surface area (Å²) >= 11 is 0. The lowest BCUT2D eigenvalue weighted by atomic mass is 10.1. The lowest BCUT2D eigenvalue weighted by molar-refractivity contribution is -0.117. The molecule has 8 heteroatoms. The molecule has 0 unspecified atom stereocenters. The molecule has 0 aliphatic carbocycles. The molecular weight excluding hydrogens is 420 g/mol. The number of piperidine rings is 1. The molecule has 1 aliphatic heterocycles. The van der Waals surface area contributed by atoms with Crippen LogP contribution in [0.5, 0.6) is 11.5 Å². The minimum absolute atomic E-state index is 0.215. The molecule has 3 aromatic rings. The number of anilines is 2. The van der Waals surface area contributed by atoms with E-state index in [1.807, 2.05) is 12.1 Å². The van der Waals surface area contributed by atoms with Crippen molar-refractivity contribution >= 4 is 17.3 Å². The predicted octanol–water partition coefficient (Wildman–Crippen LogP) is 3.56. The zero-order valence-corrected chi connectivity index (χ0v) is 18.9. The quantitative estimate of drug-likeness (QED) is 0.595. The summed E-state index contributed by atoms with van der Waals surface area (Å²) in [5.41, 5.74) is 2.86. The number of nitrogens with one attached hydrogen (secondary N) is 1. The Morgan fingerprint density at radius 1 is 0.970 bits per heavy atom. The molecule has 1 aliphatic rings. The first-order valence-corrected chi connectivity index (χ1v) is 11.0. The first-order valence-electron chi connectivity index (χ1n) is 11.0. The van der Waals surface area contributed by atoms with Crippen LogP contribution in [0.3, 0.4) is 0 Å². The number of nitrogens with zero attached hydrogens (tertiary/aromatic N) is 3. The second-order valence-corrected chi connectivity index (χ2v) is 7.92. The molecule has 0 radical (unpaired) electrons. The van der Waals surface area contributed by atoms with Gasteiger partial charge in [0.1, 0.15) is 18.0 Å². The van der Waals surface area contributed by atoms with Crippen molar-refractivity contribution in [2.75, 3.05) is 37.5 Å². The second-order valence-electron chi connectivity index (χ2n) is 7.92. The standard InChI is InChI=1S/C25H28N4O4/c1-32-20-10-11-22(23(16-20)33-2)26-24(30)17-29-25(31)13-12-21(27-29)18-6-8-19(9-7-18)28-14-4-3-5-15-28/h6-13,16H,3-5,14-15,17H2,1-2H3,(H,26,30). The van der Waals surface area contributed by atoms with E-state index in [0.29, 0.717) is 22.9 Å². The van der Waals surface area contributed by atoms with Crippen molar-refractivity contribution in [3.05, 3.63) is 65.0 Å². The molecule has 1 fully saturated rings. The Kier molecular flexibility index (Phi) is 6.92. The molecule has 0 spiro atoms. The number of hydrogen-bond acceptors (Lipinski definition) is 6. The summed E-state index contributed by atoms with van der Waals surface area (Å²) in [6.45, 7) is 1.95. The van der Waals surface area contributed by atoms with Crippen LogP contribution in [0.2, 0.25) is 0 Å². The zero-order valence-electron chi connectivity index (χ0n) is 18.9. The maximum Gasteiger partial charge on any atom is 0.267 e. The third-order valence-corrected chi connectivity index (χ3v) is 5.73. The molecule has 1 N–H and O–H groups in total. The lowest BCUT2D eigenvalue weighted by Gasteiger charge is -2.28. The molecule has 2 aromatic carbocycles. The maximum atomic E-state index is 12.6. The van der Waals surface area contributed by atoms with E-state index in [0.717, 1.165) is 18.7 Å². The maximum absolute atomic E-state index is 12.6. The van der Waals surface area contributed by atoms with Gasteiger partial charge in [-0.2, -0.15) is 5.10 Å². The number of amides is 1. The third kappa shape index (κ3) is 5.34. The summed E-state index contributed by atoms with van der Waals surface area (Å²) in [7, 11) is 3.07. The number of carbonyl (C=O) groups is 1. The van der Waals surface area contributed by atoms with Crippen LogP contribution in [-0.2, 0) is 11.3 Å². The molecule has 172 valence electrons. The monoisotopic (exact) mass is 448 g/mol. The van der Waals surface area contributed by atoms with Crippen molar-refractivity contribution in [3.63, 3.8) is 0 Å². The van der Waals surface area contributed by atoms with Gasteiger partial charge in [-0.15, -0.1) is 0 Å². The minimum Gasteiger partial charge on any atom is -0.497 e.